The number of hydrogen-bond donors (Lipinski definition) is 4. The standard InChI is InChI=1S/C12H24N4O2/c1-3-13-11(17)15-9-5-7-10(8-6-9)16-12(18)14-4-2/h9-10H,3-8H2,1-2H3,(H2,13,15,17)(H2,14,16,18). The Kier molecular flexibility index (Phi) is 6.32. The summed E-state index contributed by atoms with van der Waals surface area (Å²) in [7, 11) is 0. The van der Waals surface area contributed by atoms with Crippen LogP contribution in [-0.4, -0.2) is 37.2 Å². The van der Waals surface area contributed by atoms with E-state index in [4.69, 9.17) is 0 Å². The lowest BCUT2D eigenvalue weighted by molar-refractivity contribution is 0.222. The van der Waals surface area contributed by atoms with Gasteiger partial charge >= 0.3 is 12.1 Å². The zero-order chi connectivity index (χ0) is 13.4. The molecule has 0 saturated heterocycles. The van der Waals surface area contributed by atoms with E-state index < -0.39 is 0 Å². The van der Waals surface area contributed by atoms with Gasteiger partial charge in [0.05, 0.1) is 0 Å². The van der Waals surface area contributed by atoms with Gasteiger partial charge in [-0.2, -0.15) is 0 Å². The van der Waals surface area contributed by atoms with E-state index in [0.29, 0.717) is 13.1 Å². The van der Waals surface area contributed by atoms with Crippen LogP contribution in [-0.2, 0) is 0 Å². The predicted molar refractivity (Wildman–Crippen MR) is 70.5 cm³/mol. The zero-order valence-corrected chi connectivity index (χ0v) is 11.2. The van der Waals surface area contributed by atoms with Gasteiger partial charge in [-0.3, -0.25) is 0 Å². The highest BCUT2D eigenvalue weighted by molar-refractivity contribution is 5.74. The van der Waals surface area contributed by atoms with Gasteiger partial charge in [0.15, 0.2) is 0 Å². The fourth-order valence-corrected chi connectivity index (χ4v) is 2.18. The number of rotatable bonds is 4. The largest absolute Gasteiger partial charge is 0.338 e. The van der Waals surface area contributed by atoms with Crippen LogP contribution in [0, 0.1) is 0 Å². The van der Waals surface area contributed by atoms with Crippen molar-refractivity contribution in [2.75, 3.05) is 13.1 Å². The minimum absolute atomic E-state index is 0.0994. The van der Waals surface area contributed by atoms with Gasteiger partial charge < -0.3 is 21.3 Å². The summed E-state index contributed by atoms with van der Waals surface area (Å²) in [6, 6.07) is 0.253. The van der Waals surface area contributed by atoms with Gasteiger partial charge in [-0.25, -0.2) is 9.59 Å². The zero-order valence-electron chi connectivity index (χ0n) is 11.2. The average Bonchev–Trinajstić information content (AvgIpc) is 2.32. The Balaban J connectivity index is 2.20. The van der Waals surface area contributed by atoms with Crippen LogP contribution in [0.25, 0.3) is 0 Å². The third-order valence-electron chi connectivity index (χ3n) is 3.07. The lowest BCUT2D eigenvalue weighted by atomic mass is 9.91. The van der Waals surface area contributed by atoms with E-state index in [2.05, 4.69) is 21.3 Å². The van der Waals surface area contributed by atoms with E-state index in [9.17, 15) is 9.59 Å². The van der Waals surface area contributed by atoms with Crippen molar-refractivity contribution in [3.05, 3.63) is 0 Å². The molecule has 0 heterocycles. The average molecular weight is 256 g/mol. The van der Waals surface area contributed by atoms with E-state index in [0.717, 1.165) is 25.7 Å². The third kappa shape index (κ3) is 5.25. The SMILES string of the molecule is CCNC(=O)NC1CCC(NC(=O)NCC)CC1. The van der Waals surface area contributed by atoms with Crippen molar-refractivity contribution in [1.29, 1.82) is 0 Å². The summed E-state index contributed by atoms with van der Waals surface area (Å²) in [6.45, 7) is 5.07. The predicted octanol–water partition coefficient (Wildman–Crippen LogP) is 0.936. The molecular weight excluding hydrogens is 232 g/mol. The minimum Gasteiger partial charge on any atom is -0.338 e. The Labute approximate surface area is 108 Å². The van der Waals surface area contributed by atoms with Gasteiger partial charge in [0.25, 0.3) is 0 Å². The Hall–Kier alpha value is -1.46. The summed E-state index contributed by atoms with van der Waals surface area (Å²) in [4.78, 5) is 22.7. The molecule has 104 valence electrons. The van der Waals surface area contributed by atoms with E-state index in [-0.39, 0.29) is 24.1 Å². The molecule has 18 heavy (non-hydrogen) atoms. The Morgan fingerprint density at radius 2 is 1.17 bits per heavy atom. The number of urea groups is 2. The monoisotopic (exact) mass is 256 g/mol. The molecule has 1 fully saturated rings. The summed E-state index contributed by atoms with van der Waals surface area (Å²) in [5.74, 6) is 0. The Morgan fingerprint density at radius 3 is 1.44 bits per heavy atom. The van der Waals surface area contributed by atoms with E-state index in [1.165, 1.54) is 0 Å². The minimum atomic E-state index is -0.0994. The second kappa shape index (κ2) is 7.79. The van der Waals surface area contributed by atoms with Crippen molar-refractivity contribution in [3.63, 3.8) is 0 Å². The summed E-state index contributed by atoms with van der Waals surface area (Å²) in [5, 5.41) is 11.3. The number of hydrogen-bond acceptors (Lipinski definition) is 2. The highest BCUT2D eigenvalue weighted by atomic mass is 16.2. The lowest BCUT2D eigenvalue weighted by Gasteiger charge is -2.29. The molecule has 6 heteroatoms. The smallest absolute Gasteiger partial charge is 0.314 e. The van der Waals surface area contributed by atoms with Crippen LogP contribution in [0.1, 0.15) is 39.5 Å². The first-order valence-corrected chi connectivity index (χ1v) is 6.74. The van der Waals surface area contributed by atoms with Crippen molar-refractivity contribution in [1.82, 2.24) is 21.3 Å². The maximum atomic E-state index is 11.4. The van der Waals surface area contributed by atoms with Crippen LogP contribution in [0.4, 0.5) is 9.59 Å². The summed E-state index contributed by atoms with van der Waals surface area (Å²) in [5.41, 5.74) is 0. The molecule has 0 bridgehead atoms. The van der Waals surface area contributed by atoms with Crippen LogP contribution in [0.3, 0.4) is 0 Å². The van der Waals surface area contributed by atoms with Gasteiger partial charge in [-0.15, -0.1) is 0 Å². The molecule has 0 aliphatic heterocycles. The molecule has 0 spiro atoms. The van der Waals surface area contributed by atoms with Gasteiger partial charge in [0, 0.05) is 25.2 Å². The van der Waals surface area contributed by atoms with Crippen LogP contribution in [0.15, 0.2) is 0 Å². The van der Waals surface area contributed by atoms with Crippen LogP contribution in [0.2, 0.25) is 0 Å². The molecule has 6 nitrogen and oxygen atoms in total. The topological polar surface area (TPSA) is 82.3 Å². The molecule has 4 N–H and O–H groups in total. The highest BCUT2D eigenvalue weighted by Gasteiger charge is 2.23. The molecule has 0 aromatic carbocycles. The second-order valence-corrected chi connectivity index (χ2v) is 4.56. The quantitative estimate of drug-likeness (QED) is 0.603. The van der Waals surface area contributed by atoms with Crippen molar-refractivity contribution < 1.29 is 9.59 Å². The summed E-state index contributed by atoms with van der Waals surface area (Å²) >= 11 is 0. The van der Waals surface area contributed by atoms with Crippen LogP contribution in [0.5, 0.6) is 0 Å². The first-order valence-electron chi connectivity index (χ1n) is 6.74. The number of nitrogens with one attached hydrogen (secondary N) is 4. The Morgan fingerprint density at radius 1 is 0.833 bits per heavy atom. The molecule has 0 unspecified atom stereocenters. The molecule has 0 atom stereocenters. The maximum absolute atomic E-state index is 11.4. The molecule has 0 radical (unpaired) electrons. The number of amides is 4. The fourth-order valence-electron chi connectivity index (χ4n) is 2.18. The van der Waals surface area contributed by atoms with E-state index in [1.807, 2.05) is 13.8 Å². The molecule has 1 rings (SSSR count). The molecule has 4 amide bonds. The maximum Gasteiger partial charge on any atom is 0.314 e. The lowest BCUT2D eigenvalue weighted by Crippen LogP contribution is -2.48. The summed E-state index contributed by atoms with van der Waals surface area (Å²) in [6.07, 6.45) is 3.64. The molecule has 0 aromatic rings. The third-order valence-corrected chi connectivity index (χ3v) is 3.07. The molecule has 0 aromatic heterocycles. The number of carbonyl (C=O) groups is 2. The van der Waals surface area contributed by atoms with Crippen molar-refractivity contribution in [2.45, 2.75) is 51.6 Å². The first-order chi connectivity index (χ1) is 8.65. The van der Waals surface area contributed by atoms with E-state index in [1.54, 1.807) is 0 Å². The number of carbonyl (C=O) groups excluding carboxylic acids is 2. The van der Waals surface area contributed by atoms with E-state index >= 15 is 0 Å². The molecular formula is C12H24N4O2. The molecule has 1 aliphatic carbocycles. The normalized spacial score (nSPS) is 23.0. The summed E-state index contributed by atoms with van der Waals surface area (Å²) < 4.78 is 0. The van der Waals surface area contributed by atoms with Crippen LogP contribution < -0.4 is 21.3 Å². The highest BCUT2D eigenvalue weighted by Crippen LogP contribution is 2.18. The molecule has 1 saturated carbocycles. The molecule has 1 aliphatic rings. The first kappa shape index (κ1) is 14.6. The van der Waals surface area contributed by atoms with Crippen LogP contribution >= 0.6 is 0 Å². The van der Waals surface area contributed by atoms with Crippen molar-refractivity contribution in [3.8, 4) is 0 Å². The fraction of sp³-hybridized carbons (Fsp3) is 0.833. The van der Waals surface area contributed by atoms with Gasteiger partial charge in [-0.1, -0.05) is 0 Å². The van der Waals surface area contributed by atoms with Gasteiger partial charge in [-0.05, 0) is 39.5 Å². The second-order valence-electron chi connectivity index (χ2n) is 4.56. The van der Waals surface area contributed by atoms with Gasteiger partial charge in [0.2, 0.25) is 0 Å². The van der Waals surface area contributed by atoms with Crippen molar-refractivity contribution in [2.24, 2.45) is 0 Å². The Bertz CT molecular complexity index is 247. The van der Waals surface area contributed by atoms with Gasteiger partial charge in [0.1, 0.15) is 0 Å². The van der Waals surface area contributed by atoms with Crippen molar-refractivity contribution >= 4 is 12.1 Å².